The maximum atomic E-state index is 12.1. The molecule has 1 aliphatic rings. The summed E-state index contributed by atoms with van der Waals surface area (Å²) in [6, 6.07) is 9.14. The highest BCUT2D eigenvalue weighted by molar-refractivity contribution is 8.19. The third-order valence-electron chi connectivity index (χ3n) is 3.64. The molecule has 5 nitrogen and oxygen atoms in total. The van der Waals surface area contributed by atoms with Crippen LogP contribution in [0.4, 0.5) is 0 Å². The molecule has 0 bridgehead atoms. The largest absolute Gasteiger partial charge is 0.466 e. The van der Waals surface area contributed by atoms with Crippen molar-refractivity contribution in [2.75, 3.05) is 11.5 Å². The Kier molecular flexibility index (Phi) is 5.20. The lowest BCUT2D eigenvalue weighted by Gasteiger charge is -2.10. The first-order chi connectivity index (χ1) is 11.5. The molecule has 24 heavy (non-hydrogen) atoms. The first-order valence-electron chi connectivity index (χ1n) is 7.55. The van der Waals surface area contributed by atoms with Crippen LogP contribution < -0.4 is 10.9 Å². The number of benzene rings is 1. The normalized spacial score (nSPS) is 14.6. The Labute approximate surface area is 148 Å². The number of carbonyl (C=O) groups excluding carboxylic acids is 2. The predicted octanol–water partition coefficient (Wildman–Crippen LogP) is 3.45. The van der Waals surface area contributed by atoms with Crippen LogP contribution >= 0.6 is 23.5 Å². The summed E-state index contributed by atoms with van der Waals surface area (Å²) in [5.74, 6) is 2.76. The quantitative estimate of drug-likeness (QED) is 0.819. The summed E-state index contributed by atoms with van der Waals surface area (Å²) >= 11 is 3.84. The molecule has 0 unspecified atom stereocenters. The molecule has 1 aliphatic heterocycles. The molecule has 0 radical (unpaired) electrons. The fourth-order valence-electron chi connectivity index (χ4n) is 2.45. The molecule has 7 heteroatoms. The highest BCUT2D eigenvalue weighted by Gasteiger charge is 2.19. The maximum Gasteiger partial charge on any atom is 0.273 e. The van der Waals surface area contributed by atoms with Crippen LogP contribution in [0.2, 0.25) is 0 Å². The number of furan rings is 1. The van der Waals surface area contributed by atoms with E-state index < -0.39 is 5.91 Å². The van der Waals surface area contributed by atoms with Crippen molar-refractivity contribution >= 4 is 35.3 Å². The average molecular weight is 362 g/mol. The van der Waals surface area contributed by atoms with Gasteiger partial charge in [-0.25, -0.2) is 0 Å². The maximum absolute atomic E-state index is 12.1. The van der Waals surface area contributed by atoms with Crippen molar-refractivity contribution in [3.05, 3.63) is 58.5 Å². The molecule has 3 rings (SSSR count). The number of aryl methyl sites for hydroxylation is 2. The van der Waals surface area contributed by atoms with Gasteiger partial charge in [0.2, 0.25) is 0 Å². The summed E-state index contributed by atoms with van der Waals surface area (Å²) in [4.78, 5) is 24.2. The smallest absolute Gasteiger partial charge is 0.273 e. The van der Waals surface area contributed by atoms with E-state index in [0.717, 1.165) is 11.5 Å². The number of hydrazine groups is 1. The lowest BCUT2D eigenvalue weighted by Crippen LogP contribution is -2.41. The van der Waals surface area contributed by atoms with Gasteiger partial charge in [-0.3, -0.25) is 20.4 Å². The van der Waals surface area contributed by atoms with Crippen LogP contribution in [0.3, 0.4) is 0 Å². The Bertz CT molecular complexity index is 750. The Hall–Kier alpha value is -1.86. The molecule has 1 fully saturated rings. The zero-order valence-electron chi connectivity index (χ0n) is 13.4. The fraction of sp³-hybridized carbons (Fsp3) is 0.294. The molecule has 2 amide bonds. The van der Waals surface area contributed by atoms with E-state index in [1.165, 1.54) is 5.56 Å². The molecule has 2 heterocycles. The minimum Gasteiger partial charge on any atom is -0.466 e. The van der Waals surface area contributed by atoms with Crippen LogP contribution in [0.1, 0.15) is 42.4 Å². The first-order valence-corrected chi connectivity index (χ1v) is 9.65. The molecule has 0 spiro atoms. The van der Waals surface area contributed by atoms with Crippen LogP contribution in [0.5, 0.6) is 0 Å². The summed E-state index contributed by atoms with van der Waals surface area (Å²) in [6.07, 6.45) is 0. The molecular formula is C17H18N2O3S2. The van der Waals surface area contributed by atoms with Crippen LogP contribution in [-0.4, -0.2) is 23.3 Å². The van der Waals surface area contributed by atoms with Gasteiger partial charge in [0.25, 0.3) is 11.8 Å². The van der Waals surface area contributed by atoms with Crippen molar-refractivity contribution in [1.82, 2.24) is 10.9 Å². The molecule has 0 atom stereocenters. The van der Waals surface area contributed by atoms with Crippen LogP contribution in [0, 0.1) is 13.8 Å². The van der Waals surface area contributed by atoms with Crippen LogP contribution in [0.25, 0.3) is 0 Å². The number of hydrogen-bond donors (Lipinski definition) is 2. The van der Waals surface area contributed by atoms with Gasteiger partial charge < -0.3 is 4.42 Å². The summed E-state index contributed by atoms with van der Waals surface area (Å²) in [5.41, 5.74) is 6.98. The van der Waals surface area contributed by atoms with Gasteiger partial charge in [0, 0.05) is 17.1 Å². The standard InChI is InChI=1S/C17H18N2O3S2/c1-10-9-14(11(2)22-10)16(21)19-18-15(20)12-3-5-13(6-4-12)17-23-7-8-24-17/h3-6,9,17H,7-8H2,1-2H3,(H,18,20)(H,19,21). The molecule has 126 valence electrons. The summed E-state index contributed by atoms with van der Waals surface area (Å²) < 4.78 is 5.76. The third-order valence-corrected chi connectivity index (χ3v) is 6.75. The SMILES string of the molecule is Cc1cc(C(=O)NNC(=O)c2ccc(C3SCCS3)cc2)c(C)o1. The van der Waals surface area contributed by atoms with E-state index in [9.17, 15) is 9.59 Å². The second-order valence-electron chi connectivity index (χ2n) is 5.43. The highest BCUT2D eigenvalue weighted by Crippen LogP contribution is 2.45. The minimum absolute atomic E-state index is 0.348. The first kappa shape index (κ1) is 17.0. The molecule has 1 saturated heterocycles. The number of nitrogens with one attached hydrogen (secondary N) is 2. The van der Waals surface area contributed by atoms with E-state index in [1.54, 1.807) is 32.0 Å². The average Bonchev–Trinajstić information content (AvgIpc) is 3.22. The second-order valence-corrected chi connectivity index (χ2v) is 8.16. The van der Waals surface area contributed by atoms with Crippen LogP contribution in [0.15, 0.2) is 34.7 Å². The lowest BCUT2D eigenvalue weighted by molar-refractivity contribution is 0.0845. The molecule has 2 N–H and O–H groups in total. The Morgan fingerprint density at radius 1 is 1.04 bits per heavy atom. The van der Waals surface area contributed by atoms with Gasteiger partial charge >= 0.3 is 0 Å². The molecule has 1 aromatic heterocycles. The topological polar surface area (TPSA) is 71.3 Å². The number of rotatable bonds is 3. The van der Waals surface area contributed by atoms with E-state index in [2.05, 4.69) is 10.9 Å². The van der Waals surface area contributed by atoms with Gasteiger partial charge in [0.15, 0.2) is 0 Å². The van der Waals surface area contributed by atoms with Crippen molar-refractivity contribution in [2.24, 2.45) is 0 Å². The summed E-state index contributed by atoms with van der Waals surface area (Å²) in [5, 5.41) is 0. The van der Waals surface area contributed by atoms with Crippen molar-refractivity contribution in [1.29, 1.82) is 0 Å². The number of amides is 2. The van der Waals surface area contributed by atoms with Gasteiger partial charge in [-0.15, -0.1) is 23.5 Å². The monoisotopic (exact) mass is 362 g/mol. The van der Waals surface area contributed by atoms with E-state index >= 15 is 0 Å². The highest BCUT2D eigenvalue weighted by atomic mass is 32.2. The number of thioether (sulfide) groups is 2. The number of hydrogen-bond acceptors (Lipinski definition) is 5. The molecule has 2 aromatic rings. The summed E-state index contributed by atoms with van der Waals surface area (Å²) in [6.45, 7) is 3.48. The number of carbonyl (C=O) groups is 2. The predicted molar refractivity (Wildman–Crippen MR) is 97.2 cm³/mol. The van der Waals surface area contributed by atoms with E-state index in [4.69, 9.17) is 4.42 Å². The lowest BCUT2D eigenvalue weighted by atomic mass is 10.1. The molecule has 1 aromatic carbocycles. The van der Waals surface area contributed by atoms with Gasteiger partial charge in [0.05, 0.1) is 10.1 Å². The van der Waals surface area contributed by atoms with Crippen molar-refractivity contribution < 1.29 is 14.0 Å². The van der Waals surface area contributed by atoms with E-state index in [-0.39, 0.29) is 5.91 Å². The minimum atomic E-state index is -0.395. The Morgan fingerprint density at radius 3 is 2.25 bits per heavy atom. The molecule has 0 aliphatic carbocycles. The van der Waals surface area contributed by atoms with Crippen LogP contribution in [-0.2, 0) is 0 Å². The molecule has 0 saturated carbocycles. The Morgan fingerprint density at radius 2 is 1.67 bits per heavy atom. The van der Waals surface area contributed by atoms with Crippen molar-refractivity contribution in [3.8, 4) is 0 Å². The van der Waals surface area contributed by atoms with Gasteiger partial charge in [0.1, 0.15) is 11.5 Å². The van der Waals surface area contributed by atoms with Gasteiger partial charge in [-0.1, -0.05) is 12.1 Å². The molecular weight excluding hydrogens is 344 g/mol. The van der Waals surface area contributed by atoms with Crippen molar-refractivity contribution in [2.45, 2.75) is 18.4 Å². The van der Waals surface area contributed by atoms with E-state index in [1.807, 2.05) is 35.7 Å². The van der Waals surface area contributed by atoms with Crippen molar-refractivity contribution in [3.63, 3.8) is 0 Å². The third kappa shape index (κ3) is 3.79. The van der Waals surface area contributed by atoms with Gasteiger partial charge in [-0.2, -0.15) is 0 Å². The second kappa shape index (κ2) is 7.36. The Balaban J connectivity index is 1.58. The van der Waals surface area contributed by atoms with Gasteiger partial charge in [-0.05, 0) is 37.6 Å². The fourth-order valence-corrected chi connectivity index (χ4v) is 5.31. The zero-order chi connectivity index (χ0) is 17.1. The summed E-state index contributed by atoms with van der Waals surface area (Å²) in [7, 11) is 0. The zero-order valence-corrected chi connectivity index (χ0v) is 15.1. The van der Waals surface area contributed by atoms with E-state index in [0.29, 0.717) is 27.2 Å².